The highest BCUT2D eigenvalue weighted by atomic mass is 79.9. The van der Waals surface area contributed by atoms with Crippen molar-refractivity contribution in [1.82, 2.24) is 0 Å². The van der Waals surface area contributed by atoms with Gasteiger partial charge in [0.2, 0.25) is 0 Å². The Morgan fingerprint density at radius 2 is 0.326 bits per heavy atom. The zero-order valence-corrected chi connectivity index (χ0v) is 35.6. The molecule has 0 aliphatic rings. The molecule has 0 fully saturated rings. The summed E-state index contributed by atoms with van der Waals surface area (Å²) in [7, 11) is -0.746. The summed E-state index contributed by atoms with van der Waals surface area (Å²) >= 11 is 0. The van der Waals surface area contributed by atoms with Crippen LogP contribution in [0, 0.1) is 0 Å². The Morgan fingerprint density at radius 3 is 0.500 bits per heavy atom. The summed E-state index contributed by atoms with van der Waals surface area (Å²) in [6.07, 6.45) is 60.1. The average Bonchev–Trinajstić information content (AvgIpc) is 3.05. The van der Waals surface area contributed by atoms with E-state index in [9.17, 15) is 0 Å². The van der Waals surface area contributed by atoms with Gasteiger partial charge < -0.3 is 17.0 Å². The predicted molar refractivity (Wildman–Crippen MR) is 215 cm³/mol. The highest BCUT2D eigenvalue weighted by Crippen LogP contribution is 2.61. The fourth-order valence-electron chi connectivity index (χ4n) is 7.70. The first kappa shape index (κ1) is 49.0. The molecule has 46 heavy (non-hydrogen) atoms. The monoisotopic (exact) mass is 731 g/mol. The van der Waals surface area contributed by atoms with E-state index in [1.54, 1.807) is 50.3 Å². The van der Waals surface area contributed by atoms with Gasteiger partial charge in [0.05, 0.1) is 24.6 Å². The molecule has 0 rings (SSSR count). The smallest absolute Gasteiger partial charge is 0.0594 e. The van der Waals surface area contributed by atoms with Crippen LogP contribution in [0.3, 0.4) is 0 Å². The van der Waals surface area contributed by atoms with E-state index < -0.39 is 7.26 Å². The SMILES string of the molecule is CCCCCCCCCCCCCCCC[P+](CCCCCC)(CCCCCC)CCCCCCCCCCCCCCCC.[Br-]. The molecule has 0 amide bonds. The van der Waals surface area contributed by atoms with Crippen molar-refractivity contribution in [2.75, 3.05) is 24.6 Å². The molecule has 0 saturated heterocycles. The maximum atomic E-state index is 2.39. The zero-order valence-electron chi connectivity index (χ0n) is 33.1. The third kappa shape index (κ3) is 36.2. The van der Waals surface area contributed by atoms with Crippen LogP contribution in [-0.4, -0.2) is 24.6 Å². The van der Waals surface area contributed by atoms with Crippen LogP contribution in [0.15, 0.2) is 0 Å². The molecule has 0 unspecified atom stereocenters. The molecule has 0 atom stereocenters. The Kier molecular flexibility index (Phi) is 44.8. The molecular weight excluding hydrogens is 639 g/mol. The second kappa shape index (κ2) is 42.1. The summed E-state index contributed by atoms with van der Waals surface area (Å²) in [4.78, 5) is 0. The molecule has 0 aromatic rings. The lowest BCUT2D eigenvalue weighted by atomic mass is 10.0. The number of hydrogen-bond acceptors (Lipinski definition) is 0. The van der Waals surface area contributed by atoms with Gasteiger partial charge in [0, 0.05) is 7.26 Å². The summed E-state index contributed by atoms with van der Waals surface area (Å²) in [5, 5.41) is 0. The van der Waals surface area contributed by atoms with Gasteiger partial charge in [-0.15, -0.1) is 0 Å². The van der Waals surface area contributed by atoms with Crippen molar-refractivity contribution in [3.05, 3.63) is 0 Å². The average molecular weight is 732 g/mol. The minimum Gasteiger partial charge on any atom is -1.00 e. The van der Waals surface area contributed by atoms with Crippen LogP contribution in [0.25, 0.3) is 0 Å². The summed E-state index contributed by atoms with van der Waals surface area (Å²) < 4.78 is 0. The van der Waals surface area contributed by atoms with Crippen molar-refractivity contribution in [1.29, 1.82) is 0 Å². The minimum absolute atomic E-state index is 0. The lowest BCUT2D eigenvalue weighted by molar-refractivity contribution is -0.0000102. The molecule has 0 heterocycles. The summed E-state index contributed by atoms with van der Waals surface area (Å²) in [5.41, 5.74) is 0. The molecule has 0 aromatic heterocycles. The fourth-order valence-corrected chi connectivity index (χ4v) is 12.6. The van der Waals surface area contributed by atoms with Gasteiger partial charge in [-0.25, -0.2) is 0 Å². The first-order valence-electron chi connectivity index (χ1n) is 22.1. The van der Waals surface area contributed by atoms with Crippen LogP contribution >= 0.6 is 7.26 Å². The first-order valence-corrected chi connectivity index (χ1v) is 24.6. The van der Waals surface area contributed by atoms with Crippen molar-refractivity contribution in [2.45, 2.75) is 259 Å². The van der Waals surface area contributed by atoms with Gasteiger partial charge in [-0.2, -0.15) is 0 Å². The third-order valence-corrected chi connectivity index (χ3v) is 16.0. The first-order chi connectivity index (χ1) is 22.2. The molecule has 0 saturated carbocycles. The second-order valence-electron chi connectivity index (χ2n) is 15.5. The Bertz CT molecular complexity index is 474. The predicted octanol–water partition coefficient (Wildman–Crippen LogP) is 14.1. The van der Waals surface area contributed by atoms with E-state index in [2.05, 4.69) is 27.7 Å². The molecule has 0 nitrogen and oxygen atoms in total. The van der Waals surface area contributed by atoms with Crippen molar-refractivity contribution < 1.29 is 17.0 Å². The minimum atomic E-state index is -0.746. The van der Waals surface area contributed by atoms with Gasteiger partial charge in [-0.3, -0.25) is 0 Å². The van der Waals surface area contributed by atoms with Gasteiger partial charge in [0.15, 0.2) is 0 Å². The van der Waals surface area contributed by atoms with Crippen molar-refractivity contribution in [3.63, 3.8) is 0 Å². The summed E-state index contributed by atoms with van der Waals surface area (Å²) in [5.74, 6) is 0. The van der Waals surface area contributed by atoms with Gasteiger partial charge >= 0.3 is 0 Å². The highest BCUT2D eigenvalue weighted by Gasteiger charge is 2.34. The van der Waals surface area contributed by atoms with E-state index in [1.807, 2.05) is 0 Å². The van der Waals surface area contributed by atoms with Gasteiger partial charge in [0.1, 0.15) is 0 Å². The second-order valence-corrected chi connectivity index (χ2v) is 20.0. The Balaban J connectivity index is 0. The third-order valence-electron chi connectivity index (χ3n) is 10.9. The van der Waals surface area contributed by atoms with E-state index in [1.165, 1.54) is 205 Å². The molecule has 0 spiro atoms. The van der Waals surface area contributed by atoms with E-state index in [4.69, 9.17) is 0 Å². The molecule has 2 heteroatoms. The summed E-state index contributed by atoms with van der Waals surface area (Å²) in [6.45, 7) is 9.42. The normalized spacial score (nSPS) is 11.7. The van der Waals surface area contributed by atoms with Gasteiger partial charge in [-0.1, -0.05) is 207 Å². The lowest BCUT2D eigenvalue weighted by Gasteiger charge is -2.28. The van der Waals surface area contributed by atoms with E-state index in [0.29, 0.717) is 0 Å². The maximum Gasteiger partial charge on any atom is 0.0594 e. The fraction of sp³-hybridized carbons (Fsp3) is 1.00. The highest BCUT2D eigenvalue weighted by molar-refractivity contribution is 7.75. The van der Waals surface area contributed by atoms with Gasteiger partial charge in [0.25, 0.3) is 0 Å². The van der Waals surface area contributed by atoms with E-state index >= 15 is 0 Å². The molecule has 280 valence electrons. The van der Waals surface area contributed by atoms with Crippen molar-refractivity contribution >= 4 is 7.26 Å². The van der Waals surface area contributed by atoms with Crippen molar-refractivity contribution in [2.24, 2.45) is 0 Å². The molecule has 0 aliphatic heterocycles. The molecule has 0 bridgehead atoms. The number of halogens is 1. The summed E-state index contributed by atoms with van der Waals surface area (Å²) in [6, 6.07) is 0. The van der Waals surface area contributed by atoms with Crippen LogP contribution in [0.4, 0.5) is 0 Å². The zero-order chi connectivity index (χ0) is 32.8. The van der Waals surface area contributed by atoms with Crippen LogP contribution in [-0.2, 0) is 0 Å². The van der Waals surface area contributed by atoms with Gasteiger partial charge in [-0.05, 0) is 51.4 Å². The molecule has 0 aliphatic carbocycles. The Morgan fingerprint density at radius 1 is 0.196 bits per heavy atom. The van der Waals surface area contributed by atoms with Crippen LogP contribution in [0.2, 0.25) is 0 Å². The maximum absolute atomic E-state index is 2.39. The Labute approximate surface area is 306 Å². The Hall–Kier alpha value is 0.910. The van der Waals surface area contributed by atoms with Crippen LogP contribution < -0.4 is 17.0 Å². The quantitative estimate of drug-likeness (QED) is 0.0435. The van der Waals surface area contributed by atoms with E-state index in [0.717, 1.165) is 0 Å². The van der Waals surface area contributed by atoms with Crippen molar-refractivity contribution in [3.8, 4) is 0 Å². The van der Waals surface area contributed by atoms with Crippen LogP contribution in [0.1, 0.15) is 259 Å². The lowest BCUT2D eigenvalue weighted by Crippen LogP contribution is -3.00. The molecular formula is C44H92BrP. The standard InChI is InChI=1S/C44H92P.BrH/c1-5-9-13-17-19-21-23-25-27-29-31-33-35-39-43-45(41-37-15-11-7-3,42-38-16-12-8-4)44-40-36-34-32-30-28-26-24-22-20-18-14-10-6-2;/h5-44H2,1-4H3;1H/q+1;/p-1. The number of hydrogen-bond donors (Lipinski definition) is 0. The molecule has 0 radical (unpaired) electrons. The molecule has 0 N–H and O–H groups in total. The largest absolute Gasteiger partial charge is 1.00 e. The van der Waals surface area contributed by atoms with Crippen LogP contribution in [0.5, 0.6) is 0 Å². The topological polar surface area (TPSA) is 0 Å². The molecule has 0 aromatic carbocycles. The number of unbranched alkanes of at least 4 members (excludes halogenated alkanes) is 32. The van der Waals surface area contributed by atoms with E-state index in [-0.39, 0.29) is 17.0 Å². The number of rotatable bonds is 40.